The van der Waals surface area contributed by atoms with Gasteiger partial charge < -0.3 is 20.5 Å². The number of benzene rings is 2. The number of nitrogens with zero attached hydrogens (tertiary/aromatic N) is 3. The van der Waals surface area contributed by atoms with E-state index in [-0.39, 0.29) is 11.5 Å². The number of thioether (sulfide) groups is 1. The highest BCUT2D eigenvalue weighted by molar-refractivity contribution is 7.98. The molecule has 0 aliphatic heterocycles. The highest BCUT2D eigenvalue weighted by Gasteiger charge is 2.19. The lowest BCUT2D eigenvalue weighted by Crippen LogP contribution is -2.15. The number of hydrogen-bond acceptors (Lipinski definition) is 7. The zero-order valence-electron chi connectivity index (χ0n) is 15.1. The molecule has 1 amide bonds. The Morgan fingerprint density at radius 2 is 1.93 bits per heavy atom. The van der Waals surface area contributed by atoms with Crippen molar-refractivity contribution in [3.8, 4) is 17.2 Å². The van der Waals surface area contributed by atoms with Crippen LogP contribution >= 0.6 is 11.8 Å². The molecule has 0 radical (unpaired) electrons. The molecule has 3 aromatic rings. The number of rotatable bonds is 6. The van der Waals surface area contributed by atoms with Crippen LogP contribution < -0.4 is 20.5 Å². The van der Waals surface area contributed by atoms with Crippen molar-refractivity contribution < 1.29 is 14.3 Å². The van der Waals surface area contributed by atoms with E-state index in [0.717, 1.165) is 4.90 Å². The van der Waals surface area contributed by atoms with Crippen LogP contribution in [0.5, 0.6) is 11.5 Å². The molecule has 3 N–H and O–H groups in total. The second-order valence-corrected chi connectivity index (χ2v) is 6.34. The summed E-state index contributed by atoms with van der Waals surface area (Å²) in [6.45, 7) is 0. The standard InChI is InChI=1S/C18H19N5O3S/c1-25-14-8-7-12(10-15(14)26-2)23-17(19)16(21-22-23)18(24)20-11-5-4-6-13(9-11)27-3/h4-10H,19H2,1-3H3,(H,20,24). The summed E-state index contributed by atoms with van der Waals surface area (Å²) < 4.78 is 11.9. The van der Waals surface area contributed by atoms with Gasteiger partial charge in [0.15, 0.2) is 23.0 Å². The van der Waals surface area contributed by atoms with Crippen LogP contribution in [-0.2, 0) is 0 Å². The Kier molecular flexibility index (Phi) is 5.51. The summed E-state index contributed by atoms with van der Waals surface area (Å²) in [5, 5.41) is 10.7. The molecule has 0 aliphatic rings. The number of carbonyl (C=O) groups excluding carboxylic acids is 1. The van der Waals surface area contributed by atoms with E-state index >= 15 is 0 Å². The normalized spacial score (nSPS) is 10.5. The second-order valence-electron chi connectivity index (χ2n) is 5.46. The van der Waals surface area contributed by atoms with Crippen LogP contribution in [0.3, 0.4) is 0 Å². The molecule has 0 atom stereocenters. The Hall–Kier alpha value is -3.20. The van der Waals surface area contributed by atoms with Gasteiger partial charge in [-0.25, -0.2) is 0 Å². The molecule has 0 aliphatic carbocycles. The largest absolute Gasteiger partial charge is 0.493 e. The van der Waals surface area contributed by atoms with Crippen LogP contribution in [0.4, 0.5) is 11.5 Å². The number of methoxy groups -OCH3 is 2. The summed E-state index contributed by atoms with van der Waals surface area (Å²) in [7, 11) is 3.09. The van der Waals surface area contributed by atoms with E-state index in [9.17, 15) is 4.79 Å². The fraction of sp³-hybridized carbons (Fsp3) is 0.167. The molecule has 1 heterocycles. The number of nitrogen functional groups attached to an aromatic ring is 1. The van der Waals surface area contributed by atoms with Crippen LogP contribution in [0, 0.1) is 0 Å². The summed E-state index contributed by atoms with van der Waals surface area (Å²) in [6, 6.07) is 12.7. The third kappa shape index (κ3) is 3.82. The van der Waals surface area contributed by atoms with Crippen LogP contribution in [0.2, 0.25) is 0 Å². The predicted molar refractivity (Wildman–Crippen MR) is 105 cm³/mol. The van der Waals surface area contributed by atoms with Gasteiger partial charge in [0.05, 0.1) is 19.9 Å². The van der Waals surface area contributed by atoms with Crippen molar-refractivity contribution in [2.75, 3.05) is 31.5 Å². The third-order valence-corrected chi connectivity index (χ3v) is 4.58. The summed E-state index contributed by atoms with van der Waals surface area (Å²) in [5.74, 6) is 0.787. The van der Waals surface area contributed by atoms with Crippen molar-refractivity contribution in [2.24, 2.45) is 0 Å². The number of aromatic nitrogens is 3. The first kappa shape index (κ1) is 18.6. The van der Waals surface area contributed by atoms with Crippen LogP contribution in [0.25, 0.3) is 5.69 Å². The second kappa shape index (κ2) is 8.00. The number of amides is 1. The molecule has 27 heavy (non-hydrogen) atoms. The highest BCUT2D eigenvalue weighted by Crippen LogP contribution is 2.30. The van der Waals surface area contributed by atoms with Gasteiger partial charge in [-0.3, -0.25) is 4.79 Å². The van der Waals surface area contributed by atoms with Crippen molar-refractivity contribution in [2.45, 2.75) is 4.90 Å². The van der Waals surface area contributed by atoms with Gasteiger partial charge in [0.25, 0.3) is 5.91 Å². The minimum absolute atomic E-state index is 0.0411. The molecule has 0 saturated heterocycles. The molecule has 0 spiro atoms. The van der Waals surface area contributed by atoms with E-state index < -0.39 is 5.91 Å². The Balaban J connectivity index is 1.87. The number of nitrogens with two attached hydrogens (primary N) is 1. The lowest BCUT2D eigenvalue weighted by molar-refractivity contribution is 0.102. The number of anilines is 2. The minimum Gasteiger partial charge on any atom is -0.493 e. The molecule has 0 saturated carbocycles. The van der Waals surface area contributed by atoms with Gasteiger partial charge in [-0.2, -0.15) is 4.68 Å². The van der Waals surface area contributed by atoms with Gasteiger partial charge in [-0.1, -0.05) is 11.3 Å². The first-order valence-electron chi connectivity index (χ1n) is 7.96. The molecular weight excluding hydrogens is 366 g/mol. The Labute approximate surface area is 160 Å². The average Bonchev–Trinajstić information content (AvgIpc) is 3.09. The van der Waals surface area contributed by atoms with Gasteiger partial charge in [0, 0.05) is 16.6 Å². The maximum Gasteiger partial charge on any atom is 0.280 e. The first-order chi connectivity index (χ1) is 13.1. The molecular formula is C18H19N5O3S. The molecule has 1 aromatic heterocycles. The average molecular weight is 385 g/mol. The van der Waals surface area contributed by atoms with Crippen molar-refractivity contribution in [1.82, 2.24) is 15.0 Å². The van der Waals surface area contributed by atoms with Gasteiger partial charge in [0.2, 0.25) is 0 Å². The maximum absolute atomic E-state index is 12.5. The fourth-order valence-corrected chi connectivity index (χ4v) is 2.95. The summed E-state index contributed by atoms with van der Waals surface area (Å²) in [4.78, 5) is 13.6. The zero-order valence-corrected chi connectivity index (χ0v) is 15.9. The monoisotopic (exact) mass is 385 g/mol. The van der Waals surface area contributed by atoms with Crippen molar-refractivity contribution in [3.05, 3.63) is 48.2 Å². The van der Waals surface area contributed by atoms with E-state index in [1.165, 1.54) is 11.8 Å². The third-order valence-electron chi connectivity index (χ3n) is 3.86. The summed E-state index contributed by atoms with van der Waals surface area (Å²) in [6.07, 6.45) is 1.97. The minimum atomic E-state index is -0.433. The summed E-state index contributed by atoms with van der Waals surface area (Å²) in [5.41, 5.74) is 7.41. The molecule has 3 rings (SSSR count). The number of ether oxygens (including phenoxy) is 2. The van der Waals surface area contributed by atoms with Crippen LogP contribution in [0.1, 0.15) is 10.5 Å². The fourth-order valence-electron chi connectivity index (χ4n) is 2.49. The SMILES string of the molecule is COc1ccc(-n2nnc(C(=O)Nc3cccc(SC)c3)c2N)cc1OC. The van der Waals surface area contributed by atoms with E-state index in [4.69, 9.17) is 15.2 Å². The predicted octanol–water partition coefficient (Wildman–Crippen LogP) is 2.84. The topological polar surface area (TPSA) is 104 Å². The quantitative estimate of drug-likeness (QED) is 0.629. The molecule has 8 nitrogen and oxygen atoms in total. The zero-order chi connectivity index (χ0) is 19.4. The maximum atomic E-state index is 12.5. The van der Waals surface area contributed by atoms with Gasteiger partial charge in [-0.15, -0.1) is 16.9 Å². The Morgan fingerprint density at radius 3 is 2.63 bits per heavy atom. The van der Waals surface area contributed by atoms with E-state index in [2.05, 4.69) is 15.6 Å². The van der Waals surface area contributed by atoms with Crippen molar-refractivity contribution >= 4 is 29.2 Å². The highest BCUT2D eigenvalue weighted by atomic mass is 32.2. The van der Waals surface area contributed by atoms with Crippen molar-refractivity contribution in [1.29, 1.82) is 0 Å². The Bertz CT molecular complexity index is 973. The molecule has 0 unspecified atom stereocenters. The molecule has 0 bridgehead atoms. The van der Waals surface area contributed by atoms with Gasteiger partial charge in [0.1, 0.15) is 0 Å². The summed E-state index contributed by atoms with van der Waals surface area (Å²) >= 11 is 1.59. The van der Waals surface area contributed by atoms with Gasteiger partial charge >= 0.3 is 0 Å². The number of carbonyl (C=O) groups is 1. The smallest absolute Gasteiger partial charge is 0.280 e. The Morgan fingerprint density at radius 1 is 1.15 bits per heavy atom. The van der Waals surface area contributed by atoms with Crippen LogP contribution in [-0.4, -0.2) is 41.4 Å². The number of nitrogens with one attached hydrogen (secondary N) is 1. The van der Waals surface area contributed by atoms with E-state index in [1.807, 2.05) is 24.5 Å². The van der Waals surface area contributed by atoms with E-state index in [1.54, 1.807) is 43.1 Å². The van der Waals surface area contributed by atoms with Gasteiger partial charge in [-0.05, 0) is 36.6 Å². The lowest BCUT2D eigenvalue weighted by atomic mass is 10.2. The lowest BCUT2D eigenvalue weighted by Gasteiger charge is -2.10. The van der Waals surface area contributed by atoms with E-state index in [0.29, 0.717) is 22.9 Å². The first-order valence-corrected chi connectivity index (χ1v) is 9.18. The molecule has 140 valence electrons. The van der Waals surface area contributed by atoms with Crippen LogP contribution in [0.15, 0.2) is 47.4 Å². The number of hydrogen-bond donors (Lipinski definition) is 2. The molecule has 0 fully saturated rings. The molecule has 9 heteroatoms. The molecule has 2 aromatic carbocycles. The van der Waals surface area contributed by atoms with Crippen molar-refractivity contribution in [3.63, 3.8) is 0 Å².